The minimum Gasteiger partial charge on any atom is -0.315 e. The van der Waals surface area contributed by atoms with E-state index >= 15 is 0 Å². The van der Waals surface area contributed by atoms with E-state index in [0.717, 1.165) is 59.3 Å². The molecule has 0 saturated carbocycles. The monoisotopic (exact) mass is 463 g/mol. The predicted molar refractivity (Wildman–Crippen MR) is 136 cm³/mol. The van der Waals surface area contributed by atoms with Gasteiger partial charge in [0.15, 0.2) is 5.65 Å². The fourth-order valence-corrected chi connectivity index (χ4v) is 4.88. The van der Waals surface area contributed by atoms with Gasteiger partial charge in [-0.3, -0.25) is 9.69 Å². The molecule has 4 heterocycles. The average Bonchev–Trinajstić information content (AvgIpc) is 3.34. The zero-order valence-corrected chi connectivity index (χ0v) is 19.4. The van der Waals surface area contributed by atoms with Crippen LogP contribution in [0.25, 0.3) is 27.6 Å². The van der Waals surface area contributed by atoms with Crippen molar-refractivity contribution < 1.29 is 4.79 Å². The molecule has 0 aliphatic carbocycles. The Morgan fingerprint density at radius 3 is 2.74 bits per heavy atom. The van der Waals surface area contributed by atoms with Gasteiger partial charge in [-0.1, -0.05) is 23.4 Å². The standard InChI is InChI=1S/C27H25N7O/c1-18-5-2-6-19-13-16-30-26(24(18)19)33(22-7-3-14-28-17-22)27(35)20-9-11-21(12-10-20)34-25-23(31-32-34)8-4-15-29-25/h2,4-6,8-13,15-16,22,28H,3,7,14,17H2,1H3/t22-/m1/s1. The molecule has 1 saturated heterocycles. The first kappa shape index (κ1) is 21.4. The number of benzene rings is 2. The van der Waals surface area contributed by atoms with Crippen LogP contribution in [-0.4, -0.2) is 50.0 Å². The third-order valence-electron chi connectivity index (χ3n) is 6.63. The van der Waals surface area contributed by atoms with Gasteiger partial charge in [0.05, 0.1) is 11.7 Å². The van der Waals surface area contributed by atoms with E-state index < -0.39 is 0 Å². The van der Waals surface area contributed by atoms with E-state index in [-0.39, 0.29) is 11.9 Å². The van der Waals surface area contributed by atoms with Crippen molar-refractivity contribution in [1.29, 1.82) is 0 Å². The molecule has 1 aliphatic rings. The number of nitrogens with zero attached hydrogens (tertiary/aromatic N) is 6. The van der Waals surface area contributed by atoms with Gasteiger partial charge in [-0.2, -0.15) is 4.68 Å². The predicted octanol–water partition coefficient (Wildman–Crippen LogP) is 4.07. The highest BCUT2D eigenvalue weighted by Gasteiger charge is 2.30. The van der Waals surface area contributed by atoms with Crippen molar-refractivity contribution in [2.45, 2.75) is 25.8 Å². The highest BCUT2D eigenvalue weighted by molar-refractivity contribution is 6.10. The van der Waals surface area contributed by atoms with Gasteiger partial charge in [0, 0.05) is 29.9 Å². The topological polar surface area (TPSA) is 88.8 Å². The number of piperidine rings is 1. The fraction of sp³-hybridized carbons (Fsp3) is 0.222. The SMILES string of the molecule is Cc1cccc2ccnc(N(C(=O)c3ccc(-n4nnc5cccnc54)cc3)[C@@H]3CCCNC3)c12. The zero-order valence-electron chi connectivity index (χ0n) is 19.4. The second kappa shape index (κ2) is 8.88. The summed E-state index contributed by atoms with van der Waals surface area (Å²) < 4.78 is 1.68. The number of aryl methyl sites for hydroxylation is 1. The fourth-order valence-electron chi connectivity index (χ4n) is 4.88. The van der Waals surface area contributed by atoms with Crippen LogP contribution < -0.4 is 10.2 Å². The minimum atomic E-state index is -0.0601. The van der Waals surface area contributed by atoms with Crippen molar-refractivity contribution in [1.82, 2.24) is 30.3 Å². The van der Waals surface area contributed by atoms with Crippen LogP contribution in [0.3, 0.4) is 0 Å². The number of aromatic nitrogens is 5. The van der Waals surface area contributed by atoms with Crippen molar-refractivity contribution in [2.75, 3.05) is 18.0 Å². The second-order valence-electron chi connectivity index (χ2n) is 8.88. The molecule has 1 N–H and O–H groups in total. The van der Waals surface area contributed by atoms with E-state index in [9.17, 15) is 4.79 Å². The number of hydrogen-bond donors (Lipinski definition) is 1. The molecule has 1 fully saturated rings. The van der Waals surface area contributed by atoms with Crippen molar-refractivity contribution in [3.63, 3.8) is 0 Å². The van der Waals surface area contributed by atoms with Crippen LogP contribution in [0.2, 0.25) is 0 Å². The van der Waals surface area contributed by atoms with Crippen LogP contribution >= 0.6 is 0 Å². The van der Waals surface area contributed by atoms with E-state index in [4.69, 9.17) is 4.98 Å². The molecule has 6 rings (SSSR count). The number of carbonyl (C=O) groups excluding carboxylic acids is 1. The number of pyridine rings is 2. The molecule has 3 aromatic heterocycles. The Hall–Kier alpha value is -4.17. The molecule has 0 spiro atoms. The highest BCUT2D eigenvalue weighted by atomic mass is 16.2. The molecule has 0 radical (unpaired) electrons. The smallest absolute Gasteiger partial charge is 0.259 e. The summed E-state index contributed by atoms with van der Waals surface area (Å²) in [7, 11) is 0. The number of nitrogens with one attached hydrogen (secondary N) is 1. The van der Waals surface area contributed by atoms with Crippen molar-refractivity contribution in [2.24, 2.45) is 0 Å². The summed E-state index contributed by atoms with van der Waals surface area (Å²) in [5.74, 6) is 0.657. The number of anilines is 1. The van der Waals surface area contributed by atoms with Gasteiger partial charge in [0.2, 0.25) is 0 Å². The Balaban J connectivity index is 1.41. The van der Waals surface area contributed by atoms with E-state index in [1.165, 1.54) is 0 Å². The van der Waals surface area contributed by atoms with Crippen LogP contribution in [0.5, 0.6) is 0 Å². The molecule has 2 aromatic carbocycles. The van der Waals surface area contributed by atoms with Gasteiger partial charge in [-0.25, -0.2) is 9.97 Å². The molecular weight excluding hydrogens is 438 g/mol. The summed E-state index contributed by atoms with van der Waals surface area (Å²) in [6.07, 6.45) is 5.45. The zero-order chi connectivity index (χ0) is 23.8. The second-order valence-corrected chi connectivity index (χ2v) is 8.88. The first-order chi connectivity index (χ1) is 17.2. The lowest BCUT2D eigenvalue weighted by molar-refractivity contribution is 0.0972. The molecule has 1 atom stereocenters. The van der Waals surface area contributed by atoms with Gasteiger partial charge in [-0.15, -0.1) is 5.10 Å². The van der Waals surface area contributed by atoms with Gasteiger partial charge in [-0.05, 0) is 79.7 Å². The normalized spacial score (nSPS) is 16.0. The molecule has 0 bridgehead atoms. The van der Waals surface area contributed by atoms with Gasteiger partial charge in [0.25, 0.3) is 5.91 Å². The number of hydrogen-bond acceptors (Lipinski definition) is 6. The van der Waals surface area contributed by atoms with E-state index in [1.807, 2.05) is 53.4 Å². The lowest BCUT2D eigenvalue weighted by Gasteiger charge is -2.35. The highest BCUT2D eigenvalue weighted by Crippen LogP contribution is 2.31. The summed E-state index contributed by atoms with van der Waals surface area (Å²) in [6, 6.07) is 19.4. The lowest BCUT2D eigenvalue weighted by Crippen LogP contribution is -2.49. The summed E-state index contributed by atoms with van der Waals surface area (Å²) in [4.78, 5) is 25.0. The maximum atomic E-state index is 14.0. The third-order valence-corrected chi connectivity index (χ3v) is 6.63. The number of fused-ring (bicyclic) bond motifs is 2. The molecular formula is C27H25N7O. The van der Waals surface area contributed by atoms with Gasteiger partial charge >= 0.3 is 0 Å². The van der Waals surface area contributed by atoms with Gasteiger partial charge in [0.1, 0.15) is 11.3 Å². The number of amides is 1. The maximum absolute atomic E-state index is 14.0. The van der Waals surface area contributed by atoms with Crippen LogP contribution in [-0.2, 0) is 0 Å². The Labute approximate surface area is 202 Å². The maximum Gasteiger partial charge on any atom is 0.259 e. The van der Waals surface area contributed by atoms with E-state index in [1.54, 1.807) is 17.1 Å². The van der Waals surface area contributed by atoms with Crippen molar-refractivity contribution in [3.05, 3.63) is 84.2 Å². The summed E-state index contributed by atoms with van der Waals surface area (Å²) in [6.45, 7) is 3.78. The quantitative estimate of drug-likeness (QED) is 0.432. The van der Waals surface area contributed by atoms with Crippen LogP contribution in [0, 0.1) is 6.92 Å². The van der Waals surface area contributed by atoms with Crippen LogP contribution in [0.1, 0.15) is 28.8 Å². The first-order valence-corrected chi connectivity index (χ1v) is 11.9. The Bertz CT molecular complexity index is 1510. The molecule has 8 heteroatoms. The number of rotatable bonds is 4. The Morgan fingerprint density at radius 2 is 1.91 bits per heavy atom. The van der Waals surface area contributed by atoms with E-state index in [0.29, 0.717) is 11.2 Å². The third kappa shape index (κ3) is 3.81. The van der Waals surface area contributed by atoms with E-state index in [2.05, 4.69) is 39.7 Å². The summed E-state index contributed by atoms with van der Waals surface area (Å²) in [5.41, 5.74) is 3.91. The van der Waals surface area contributed by atoms with Gasteiger partial charge < -0.3 is 5.32 Å². The average molecular weight is 464 g/mol. The molecule has 35 heavy (non-hydrogen) atoms. The molecule has 1 aliphatic heterocycles. The van der Waals surface area contributed by atoms with Crippen molar-refractivity contribution >= 4 is 33.7 Å². The van der Waals surface area contributed by atoms with Crippen molar-refractivity contribution in [3.8, 4) is 5.69 Å². The molecule has 174 valence electrons. The molecule has 5 aromatic rings. The lowest BCUT2D eigenvalue weighted by atomic mass is 10.0. The summed E-state index contributed by atoms with van der Waals surface area (Å²) in [5, 5.41) is 14.0. The van der Waals surface area contributed by atoms with Crippen LogP contribution in [0.15, 0.2) is 73.1 Å². The first-order valence-electron chi connectivity index (χ1n) is 11.9. The van der Waals surface area contributed by atoms with Crippen LogP contribution in [0.4, 0.5) is 5.82 Å². The summed E-state index contributed by atoms with van der Waals surface area (Å²) >= 11 is 0. The Kier molecular flexibility index (Phi) is 5.42. The largest absolute Gasteiger partial charge is 0.315 e. The minimum absolute atomic E-state index is 0.0251. The molecule has 8 nitrogen and oxygen atoms in total. The number of carbonyl (C=O) groups is 1. The Morgan fingerprint density at radius 1 is 1.03 bits per heavy atom. The molecule has 0 unspecified atom stereocenters. The molecule has 1 amide bonds.